The fraction of sp³-hybridized carbons (Fsp3) is 0.294. The molecule has 1 unspecified atom stereocenters. The minimum atomic E-state index is -0.594. The highest BCUT2D eigenvalue weighted by Gasteiger charge is 2.15. The Morgan fingerprint density at radius 2 is 1.53 bits per heavy atom. The van der Waals surface area contributed by atoms with Gasteiger partial charge in [-0.15, -0.1) is 0 Å². The zero-order valence-corrected chi connectivity index (χ0v) is 11.6. The van der Waals surface area contributed by atoms with Gasteiger partial charge >= 0.3 is 0 Å². The number of hydrogen-bond donors (Lipinski definition) is 1. The monoisotopic (exact) mass is 258 g/mol. The van der Waals surface area contributed by atoms with Crippen LogP contribution in [0.25, 0.3) is 0 Å². The van der Waals surface area contributed by atoms with Crippen molar-refractivity contribution in [2.24, 2.45) is 0 Å². The third-order valence-electron chi connectivity index (χ3n) is 3.44. The molecular formula is C17H19FO. The van der Waals surface area contributed by atoms with E-state index in [2.05, 4.69) is 0 Å². The quantitative estimate of drug-likeness (QED) is 0.881. The van der Waals surface area contributed by atoms with Crippen LogP contribution in [0.3, 0.4) is 0 Å². The largest absolute Gasteiger partial charge is 0.388 e. The van der Waals surface area contributed by atoms with E-state index in [0.29, 0.717) is 6.42 Å². The molecule has 19 heavy (non-hydrogen) atoms. The van der Waals surface area contributed by atoms with Crippen LogP contribution >= 0.6 is 0 Å². The molecule has 0 aliphatic carbocycles. The third kappa shape index (κ3) is 3.21. The predicted octanol–water partition coefficient (Wildman–Crippen LogP) is 4.03. The van der Waals surface area contributed by atoms with Gasteiger partial charge in [-0.2, -0.15) is 0 Å². The van der Waals surface area contributed by atoms with Gasteiger partial charge in [0.15, 0.2) is 0 Å². The maximum absolute atomic E-state index is 13.3. The lowest BCUT2D eigenvalue weighted by atomic mass is 9.93. The zero-order valence-electron chi connectivity index (χ0n) is 11.6. The van der Waals surface area contributed by atoms with Crippen LogP contribution in [0.4, 0.5) is 4.39 Å². The third-order valence-corrected chi connectivity index (χ3v) is 3.44. The molecule has 0 radical (unpaired) electrons. The fourth-order valence-corrected chi connectivity index (χ4v) is 2.50. The Hall–Kier alpha value is -1.67. The maximum Gasteiger partial charge on any atom is 0.123 e. The minimum absolute atomic E-state index is 0.249. The van der Waals surface area contributed by atoms with Crippen molar-refractivity contribution < 1.29 is 9.50 Å². The van der Waals surface area contributed by atoms with E-state index in [4.69, 9.17) is 0 Å². The van der Waals surface area contributed by atoms with Crippen LogP contribution in [0.1, 0.15) is 33.9 Å². The van der Waals surface area contributed by atoms with Gasteiger partial charge in [-0.25, -0.2) is 4.39 Å². The van der Waals surface area contributed by atoms with Gasteiger partial charge in [0.05, 0.1) is 6.10 Å². The van der Waals surface area contributed by atoms with E-state index in [1.54, 1.807) is 0 Å². The summed E-state index contributed by atoms with van der Waals surface area (Å²) in [5.74, 6) is -0.249. The van der Waals surface area contributed by atoms with Crippen molar-refractivity contribution in [1.82, 2.24) is 0 Å². The summed E-state index contributed by atoms with van der Waals surface area (Å²) in [6.07, 6.45) is -0.0450. The van der Waals surface area contributed by atoms with Gasteiger partial charge in [-0.3, -0.25) is 0 Å². The molecule has 0 spiro atoms. The van der Waals surface area contributed by atoms with Crippen molar-refractivity contribution >= 4 is 0 Å². The number of aliphatic hydroxyl groups excluding tert-OH is 1. The lowest BCUT2D eigenvalue weighted by molar-refractivity contribution is 0.177. The SMILES string of the molecule is Cc1ccc(CC(O)c2c(C)cc(F)cc2C)cc1. The first-order chi connectivity index (χ1) is 8.97. The highest BCUT2D eigenvalue weighted by atomic mass is 19.1. The van der Waals surface area contributed by atoms with E-state index < -0.39 is 6.10 Å². The molecule has 0 saturated heterocycles. The first-order valence-electron chi connectivity index (χ1n) is 6.47. The standard InChI is InChI=1S/C17H19FO/c1-11-4-6-14(7-5-11)10-16(19)17-12(2)8-15(18)9-13(17)3/h4-9,16,19H,10H2,1-3H3. The fourth-order valence-electron chi connectivity index (χ4n) is 2.50. The molecule has 2 heteroatoms. The number of aryl methyl sites for hydroxylation is 3. The van der Waals surface area contributed by atoms with Crippen LogP contribution < -0.4 is 0 Å². The van der Waals surface area contributed by atoms with Crippen molar-refractivity contribution in [3.63, 3.8) is 0 Å². The number of halogens is 1. The Morgan fingerprint density at radius 1 is 1.00 bits per heavy atom. The first kappa shape index (κ1) is 13.8. The molecule has 2 aromatic rings. The number of hydrogen-bond acceptors (Lipinski definition) is 1. The molecule has 0 bridgehead atoms. The predicted molar refractivity (Wildman–Crippen MR) is 75.7 cm³/mol. The molecule has 2 rings (SSSR count). The smallest absolute Gasteiger partial charge is 0.123 e. The molecule has 0 heterocycles. The van der Waals surface area contributed by atoms with Crippen molar-refractivity contribution in [3.8, 4) is 0 Å². The van der Waals surface area contributed by atoms with Gasteiger partial charge in [-0.05, 0) is 55.2 Å². The number of aliphatic hydroxyl groups is 1. The number of benzene rings is 2. The molecule has 100 valence electrons. The molecule has 1 N–H and O–H groups in total. The Morgan fingerprint density at radius 3 is 2.05 bits per heavy atom. The summed E-state index contributed by atoms with van der Waals surface area (Å²) in [4.78, 5) is 0. The summed E-state index contributed by atoms with van der Waals surface area (Å²) in [5, 5.41) is 10.4. The van der Waals surface area contributed by atoms with Crippen LogP contribution in [-0.2, 0) is 6.42 Å². The molecular weight excluding hydrogens is 239 g/mol. The minimum Gasteiger partial charge on any atom is -0.388 e. The van der Waals surface area contributed by atoms with Crippen LogP contribution in [0.15, 0.2) is 36.4 Å². The van der Waals surface area contributed by atoms with Gasteiger partial charge in [0.25, 0.3) is 0 Å². The highest BCUT2D eigenvalue weighted by molar-refractivity contribution is 5.37. The normalized spacial score (nSPS) is 12.5. The van der Waals surface area contributed by atoms with Gasteiger partial charge in [0.2, 0.25) is 0 Å². The summed E-state index contributed by atoms with van der Waals surface area (Å²) in [7, 11) is 0. The summed E-state index contributed by atoms with van der Waals surface area (Å²) in [6.45, 7) is 5.71. The van der Waals surface area contributed by atoms with Crippen molar-refractivity contribution in [2.45, 2.75) is 33.3 Å². The summed E-state index contributed by atoms with van der Waals surface area (Å²) >= 11 is 0. The number of rotatable bonds is 3. The second-order valence-electron chi connectivity index (χ2n) is 5.16. The molecule has 0 aromatic heterocycles. The van der Waals surface area contributed by atoms with E-state index in [0.717, 1.165) is 22.3 Å². The molecule has 0 amide bonds. The molecule has 0 saturated carbocycles. The van der Waals surface area contributed by atoms with Crippen LogP contribution in [0.5, 0.6) is 0 Å². The Kier molecular flexibility index (Phi) is 4.01. The Labute approximate surface area is 113 Å². The molecule has 0 aliphatic rings. The zero-order chi connectivity index (χ0) is 14.0. The molecule has 0 fully saturated rings. The summed E-state index contributed by atoms with van der Waals surface area (Å²) < 4.78 is 13.3. The van der Waals surface area contributed by atoms with Crippen LogP contribution in [-0.4, -0.2) is 5.11 Å². The molecule has 1 atom stereocenters. The van der Waals surface area contributed by atoms with Crippen molar-refractivity contribution in [2.75, 3.05) is 0 Å². The first-order valence-corrected chi connectivity index (χ1v) is 6.47. The van der Waals surface area contributed by atoms with Crippen LogP contribution in [0.2, 0.25) is 0 Å². The van der Waals surface area contributed by atoms with E-state index in [9.17, 15) is 9.50 Å². The maximum atomic E-state index is 13.3. The Balaban J connectivity index is 2.25. The van der Waals surface area contributed by atoms with E-state index in [1.807, 2.05) is 45.0 Å². The van der Waals surface area contributed by atoms with Crippen molar-refractivity contribution in [1.29, 1.82) is 0 Å². The van der Waals surface area contributed by atoms with Crippen molar-refractivity contribution in [3.05, 3.63) is 70.0 Å². The summed E-state index contributed by atoms with van der Waals surface area (Å²) in [5.41, 5.74) is 4.73. The van der Waals surface area contributed by atoms with Gasteiger partial charge in [0, 0.05) is 6.42 Å². The molecule has 0 aliphatic heterocycles. The van der Waals surface area contributed by atoms with Crippen LogP contribution in [0, 0.1) is 26.6 Å². The lowest BCUT2D eigenvalue weighted by Gasteiger charge is -2.17. The topological polar surface area (TPSA) is 20.2 Å². The second-order valence-corrected chi connectivity index (χ2v) is 5.16. The second kappa shape index (κ2) is 5.54. The molecule has 1 nitrogen and oxygen atoms in total. The molecule has 2 aromatic carbocycles. The van der Waals surface area contributed by atoms with Gasteiger partial charge < -0.3 is 5.11 Å². The average Bonchev–Trinajstić information content (AvgIpc) is 2.30. The average molecular weight is 258 g/mol. The Bertz CT molecular complexity index is 549. The van der Waals surface area contributed by atoms with E-state index in [1.165, 1.54) is 17.7 Å². The van der Waals surface area contributed by atoms with Gasteiger partial charge in [-0.1, -0.05) is 29.8 Å². The highest BCUT2D eigenvalue weighted by Crippen LogP contribution is 2.26. The summed E-state index contributed by atoms with van der Waals surface area (Å²) in [6, 6.07) is 11.1. The van der Waals surface area contributed by atoms with Gasteiger partial charge in [0.1, 0.15) is 5.82 Å². The van der Waals surface area contributed by atoms with E-state index >= 15 is 0 Å². The van der Waals surface area contributed by atoms with E-state index in [-0.39, 0.29) is 5.82 Å². The lowest BCUT2D eigenvalue weighted by Crippen LogP contribution is -2.07.